The van der Waals surface area contributed by atoms with Gasteiger partial charge in [0, 0.05) is 11.1 Å². The second-order valence-electron chi connectivity index (χ2n) is 3.60. The van der Waals surface area contributed by atoms with Crippen molar-refractivity contribution in [3.05, 3.63) is 57.8 Å². The van der Waals surface area contributed by atoms with Gasteiger partial charge in [-0.05, 0) is 41.4 Å². The van der Waals surface area contributed by atoms with E-state index in [1.54, 1.807) is 18.2 Å². The summed E-state index contributed by atoms with van der Waals surface area (Å²) in [4.78, 5) is 11.1. The number of hydrogen-bond donors (Lipinski definition) is 0. The largest absolute Gasteiger partial charge is 0.276 e. The van der Waals surface area contributed by atoms with Gasteiger partial charge in [-0.15, -0.1) is 0 Å². The highest BCUT2D eigenvalue weighted by molar-refractivity contribution is 6.67. The van der Waals surface area contributed by atoms with Gasteiger partial charge < -0.3 is 0 Å². The van der Waals surface area contributed by atoms with Crippen LogP contribution in [0.25, 0.3) is 11.1 Å². The predicted molar refractivity (Wildman–Crippen MR) is 72.0 cm³/mol. The van der Waals surface area contributed by atoms with Crippen molar-refractivity contribution in [1.29, 1.82) is 0 Å². The molecular weight excluding hydrogens is 297 g/mol. The van der Waals surface area contributed by atoms with Crippen molar-refractivity contribution in [2.75, 3.05) is 0 Å². The normalized spacial score (nSPS) is 10.4. The summed E-state index contributed by atoms with van der Waals surface area (Å²) in [5, 5.41) is -0.0659. The van der Waals surface area contributed by atoms with Crippen LogP contribution in [-0.4, -0.2) is 5.24 Å². The Morgan fingerprint density at radius 3 is 2.50 bits per heavy atom. The van der Waals surface area contributed by atoms with Gasteiger partial charge in [0.05, 0.1) is 10.0 Å². The second kappa shape index (κ2) is 5.27. The van der Waals surface area contributed by atoms with Crippen molar-refractivity contribution in [2.24, 2.45) is 0 Å². The average molecular weight is 304 g/mol. The minimum Gasteiger partial charge on any atom is -0.276 e. The van der Waals surface area contributed by atoms with Crippen LogP contribution in [0.1, 0.15) is 10.4 Å². The van der Waals surface area contributed by atoms with E-state index in [0.717, 1.165) is 6.07 Å². The Morgan fingerprint density at radius 2 is 1.83 bits per heavy atom. The molecule has 0 fully saturated rings. The number of carbonyl (C=O) groups is 1. The van der Waals surface area contributed by atoms with Crippen molar-refractivity contribution < 1.29 is 9.18 Å². The third-order valence-electron chi connectivity index (χ3n) is 2.39. The van der Waals surface area contributed by atoms with Gasteiger partial charge in [0.15, 0.2) is 0 Å². The number of benzene rings is 2. The molecule has 0 spiro atoms. The molecule has 0 aliphatic carbocycles. The van der Waals surface area contributed by atoms with Crippen LogP contribution >= 0.6 is 34.8 Å². The maximum atomic E-state index is 13.4. The van der Waals surface area contributed by atoms with Gasteiger partial charge in [-0.3, -0.25) is 4.79 Å². The molecule has 0 aliphatic rings. The molecule has 18 heavy (non-hydrogen) atoms. The molecule has 5 heteroatoms. The molecule has 0 amide bonds. The van der Waals surface area contributed by atoms with Crippen LogP contribution in [0.15, 0.2) is 36.4 Å². The van der Waals surface area contributed by atoms with Gasteiger partial charge in [0.1, 0.15) is 5.82 Å². The van der Waals surface area contributed by atoms with Gasteiger partial charge in [-0.1, -0.05) is 35.3 Å². The zero-order valence-corrected chi connectivity index (χ0v) is 11.2. The van der Waals surface area contributed by atoms with Crippen LogP contribution in [0.5, 0.6) is 0 Å². The topological polar surface area (TPSA) is 17.1 Å². The highest BCUT2D eigenvalue weighted by Crippen LogP contribution is 2.34. The summed E-state index contributed by atoms with van der Waals surface area (Å²) in [6.07, 6.45) is 0. The number of halogens is 4. The number of rotatable bonds is 2. The van der Waals surface area contributed by atoms with Gasteiger partial charge in [-0.2, -0.15) is 0 Å². The lowest BCUT2D eigenvalue weighted by Crippen LogP contribution is -1.92. The lowest BCUT2D eigenvalue weighted by Gasteiger charge is -2.07. The zero-order chi connectivity index (χ0) is 13.3. The van der Waals surface area contributed by atoms with Crippen molar-refractivity contribution in [3.63, 3.8) is 0 Å². The Morgan fingerprint density at radius 1 is 1.11 bits per heavy atom. The molecule has 0 aliphatic heterocycles. The third kappa shape index (κ3) is 2.66. The molecular formula is C13H6Cl3FO. The van der Waals surface area contributed by atoms with Crippen LogP contribution < -0.4 is 0 Å². The summed E-state index contributed by atoms with van der Waals surface area (Å²) in [7, 11) is 0. The molecule has 2 aromatic carbocycles. The zero-order valence-electron chi connectivity index (χ0n) is 8.88. The number of carbonyl (C=O) groups excluding carboxylic acids is 1. The fourth-order valence-electron chi connectivity index (χ4n) is 1.59. The Balaban J connectivity index is 2.64. The molecule has 0 saturated carbocycles. The first-order chi connectivity index (χ1) is 8.49. The Labute approximate surface area is 118 Å². The smallest absolute Gasteiger partial charge is 0.252 e. The maximum absolute atomic E-state index is 13.4. The molecule has 2 aromatic rings. The minimum atomic E-state index is -0.728. The van der Waals surface area contributed by atoms with Crippen LogP contribution in [0, 0.1) is 5.82 Å². The molecule has 0 N–H and O–H groups in total. The van der Waals surface area contributed by atoms with Crippen molar-refractivity contribution in [3.8, 4) is 11.1 Å². The Bertz CT molecular complexity index is 626. The summed E-state index contributed by atoms with van der Waals surface area (Å²) in [6, 6.07) is 8.80. The Hall–Kier alpha value is -1.09. The fourth-order valence-corrected chi connectivity index (χ4v) is 2.10. The molecule has 0 bridgehead atoms. The molecule has 2 rings (SSSR count). The van der Waals surface area contributed by atoms with Crippen molar-refractivity contribution >= 4 is 40.0 Å². The van der Waals surface area contributed by atoms with Crippen LogP contribution in [0.2, 0.25) is 10.0 Å². The first-order valence-electron chi connectivity index (χ1n) is 4.94. The van der Waals surface area contributed by atoms with E-state index in [4.69, 9.17) is 34.8 Å². The SMILES string of the molecule is O=C(Cl)c1cc(F)cc(-c2cccc(Cl)c2Cl)c1. The van der Waals surface area contributed by atoms with E-state index in [9.17, 15) is 9.18 Å². The summed E-state index contributed by atoms with van der Waals surface area (Å²) in [5.41, 5.74) is 1.07. The average Bonchev–Trinajstić information content (AvgIpc) is 2.31. The fraction of sp³-hybridized carbons (Fsp3) is 0. The van der Waals surface area contributed by atoms with Gasteiger partial charge in [-0.25, -0.2) is 4.39 Å². The van der Waals surface area contributed by atoms with Crippen molar-refractivity contribution in [1.82, 2.24) is 0 Å². The molecule has 0 unspecified atom stereocenters. The quantitative estimate of drug-likeness (QED) is 0.699. The van der Waals surface area contributed by atoms with E-state index in [1.807, 2.05) is 0 Å². The first kappa shape index (κ1) is 13.3. The molecule has 0 aromatic heterocycles. The molecule has 1 nitrogen and oxygen atoms in total. The van der Waals surface area contributed by atoms with E-state index >= 15 is 0 Å². The van der Waals surface area contributed by atoms with E-state index < -0.39 is 11.1 Å². The second-order valence-corrected chi connectivity index (χ2v) is 4.73. The lowest BCUT2D eigenvalue weighted by atomic mass is 10.0. The van der Waals surface area contributed by atoms with Crippen LogP contribution in [0.3, 0.4) is 0 Å². The lowest BCUT2D eigenvalue weighted by molar-refractivity contribution is 0.108. The summed E-state index contributed by atoms with van der Waals surface area (Å²) < 4.78 is 13.4. The standard InChI is InChI=1S/C13H6Cl3FO/c14-11-3-1-2-10(12(11)15)7-4-8(13(16)18)6-9(17)5-7/h1-6H. The van der Waals surface area contributed by atoms with Crippen LogP contribution in [0.4, 0.5) is 4.39 Å². The summed E-state index contributed by atoms with van der Waals surface area (Å²) >= 11 is 17.3. The highest BCUT2D eigenvalue weighted by atomic mass is 35.5. The first-order valence-corrected chi connectivity index (χ1v) is 6.07. The molecule has 0 atom stereocenters. The van der Waals surface area contributed by atoms with E-state index in [2.05, 4.69) is 0 Å². The molecule has 0 saturated heterocycles. The third-order valence-corrected chi connectivity index (χ3v) is 3.42. The van der Waals surface area contributed by atoms with Crippen molar-refractivity contribution in [2.45, 2.75) is 0 Å². The summed E-state index contributed by atoms with van der Waals surface area (Å²) in [5.74, 6) is -0.562. The Kier molecular flexibility index (Phi) is 3.91. The van der Waals surface area contributed by atoms with Gasteiger partial charge >= 0.3 is 0 Å². The molecule has 0 radical (unpaired) electrons. The maximum Gasteiger partial charge on any atom is 0.252 e. The predicted octanol–water partition coefficient (Wildman–Crippen LogP) is 5.18. The highest BCUT2D eigenvalue weighted by Gasteiger charge is 2.11. The van der Waals surface area contributed by atoms with Gasteiger partial charge in [0.2, 0.25) is 0 Å². The molecule has 0 heterocycles. The van der Waals surface area contributed by atoms with Crippen LogP contribution in [-0.2, 0) is 0 Å². The van der Waals surface area contributed by atoms with E-state index in [1.165, 1.54) is 12.1 Å². The number of hydrogen-bond acceptors (Lipinski definition) is 1. The monoisotopic (exact) mass is 302 g/mol. The summed E-state index contributed by atoms with van der Waals surface area (Å²) in [6.45, 7) is 0. The molecule has 92 valence electrons. The van der Waals surface area contributed by atoms with E-state index in [-0.39, 0.29) is 5.56 Å². The minimum absolute atomic E-state index is 0.0720. The van der Waals surface area contributed by atoms with Gasteiger partial charge in [0.25, 0.3) is 5.24 Å². The van der Waals surface area contributed by atoms with E-state index in [0.29, 0.717) is 21.2 Å².